The maximum atomic E-state index is 2.41. The van der Waals surface area contributed by atoms with Gasteiger partial charge in [0, 0.05) is 17.3 Å². The van der Waals surface area contributed by atoms with Gasteiger partial charge in [0.2, 0.25) is 0 Å². The molecule has 0 aliphatic heterocycles. The fourth-order valence-corrected chi connectivity index (χ4v) is 3.96. The van der Waals surface area contributed by atoms with Crippen molar-refractivity contribution >= 4 is 10.9 Å². The summed E-state index contributed by atoms with van der Waals surface area (Å²) in [6, 6.07) is 0. The largest absolute Gasteiger partial charge is 0.132 e. The molecule has 0 spiro atoms. The summed E-state index contributed by atoms with van der Waals surface area (Å²) in [6.45, 7) is 9.17. The monoisotopic (exact) mass is 197 g/mol. The highest BCUT2D eigenvalue weighted by molar-refractivity contribution is 8.00. The molecule has 1 aliphatic rings. The second kappa shape index (κ2) is 4.90. The molecule has 0 saturated heterocycles. The zero-order valence-corrected chi connectivity index (χ0v) is 10.1. The molecule has 0 fully saturated rings. The summed E-state index contributed by atoms with van der Waals surface area (Å²) in [4.78, 5) is 1.71. The van der Waals surface area contributed by atoms with E-state index in [1.807, 2.05) is 0 Å². The van der Waals surface area contributed by atoms with Crippen molar-refractivity contribution in [2.24, 2.45) is 5.92 Å². The molecular weight excluding hydrogens is 176 g/mol. The molecule has 1 aliphatic carbocycles. The van der Waals surface area contributed by atoms with Crippen molar-refractivity contribution in [2.45, 2.75) is 34.1 Å². The van der Waals surface area contributed by atoms with E-state index in [0.717, 1.165) is 5.92 Å². The van der Waals surface area contributed by atoms with E-state index in [9.17, 15) is 0 Å². The summed E-state index contributed by atoms with van der Waals surface area (Å²) in [6.07, 6.45) is 6.09. The van der Waals surface area contributed by atoms with Gasteiger partial charge in [0.1, 0.15) is 16.4 Å². The maximum Gasteiger partial charge on any atom is 0.132 e. The molecule has 0 aromatic heterocycles. The lowest BCUT2D eigenvalue weighted by atomic mass is 9.99. The van der Waals surface area contributed by atoms with Crippen molar-refractivity contribution in [2.75, 3.05) is 11.5 Å². The molecule has 1 heteroatoms. The first-order valence-corrected chi connectivity index (χ1v) is 6.80. The van der Waals surface area contributed by atoms with Crippen molar-refractivity contribution in [3.05, 3.63) is 22.6 Å². The predicted octanol–water partition coefficient (Wildman–Crippen LogP) is 3.51. The fraction of sp³-hybridized carbons (Fsp3) is 0.667. The summed E-state index contributed by atoms with van der Waals surface area (Å²) in [5.41, 5.74) is 1.47. The zero-order valence-electron chi connectivity index (χ0n) is 9.26. The summed E-state index contributed by atoms with van der Waals surface area (Å²) in [5.74, 6) is 3.40. The molecule has 74 valence electrons. The number of hydrogen-bond acceptors (Lipinski definition) is 0. The molecule has 0 heterocycles. The summed E-state index contributed by atoms with van der Waals surface area (Å²) < 4.78 is 0. The van der Waals surface area contributed by atoms with Gasteiger partial charge in [0.05, 0.1) is 0 Å². The third-order valence-electron chi connectivity index (χ3n) is 2.53. The van der Waals surface area contributed by atoms with Crippen LogP contribution in [0.3, 0.4) is 0 Å². The smallest absolute Gasteiger partial charge is 0.0781 e. The van der Waals surface area contributed by atoms with Crippen molar-refractivity contribution in [1.29, 1.82) is 0 Å². The normalized spacial score (nSPS) is 23.0. The summed E-state index contributed by atoms with van der Waals surface area (Å²) in [5, 5.41) is 0. The SMILES string of the molecule is CC[S+](CC)C1=CC(C)=CC(C)C1. The predicted molar refractivity (Wildman–Crippen MR) is 64.1 cm³/mol. The van der Waals surface area contributed by atoms with Crippen LogP contribution < -0.4 is 0 Å². The molecule has 0 amide bonds. The second-order valence-corrected chi connectivity index (χ2v) is 6.44. The van der Waals surface area contributed by atoms with E-state index in [0.29, 0.717) is 10.9 Å². The minimum atomic E-state index is 0.554. The van der Waals surface area contributed by atoms with Crippen LogP contribution in [0.15, 0.2) is 22.6 Å². The van der Waals surface area contributed by atoms with Crippen LogP contribution in [0.4, 0.5) is 0 Å². The Bertz CT molecular complexity index is 221. The van der Waals surface area contributed by atoms with Gasteiger partial charge in [0.25, 0.3) is 0 Å². The number of allylic oxidation sites excluding steroid dienone is 4. The first kappa shape index (κ1) is 10.9. The van der Waals surface area contributed by atoms with Crippen molar-refractivity contribution in [1.82, 2.24) is 0 Å². The van der Waals surface area contributed by atoms with Crippen LogP contribution in [0.2, 0.25) is 0 Å². The fourth-order valence-electron chi connectivity index (χ4n) is 1.96. The minimum absolute atomic E-state index is 0.554. The van der Waals surface area contributed by atoms with E-state index in [2.05, 4.69) is 39.8 Å². The Morgan fingerprint density at radius 3 is 2.46 bits per heavy atom. The van der Waals surface area contributed by atoms with Crippen LogP contribution in [0.1, 0.15) is 34.1 Å². The lowest BCUT2D eigenvalue weighted by molar-refractivity contribution is 0.721. The lowest BCUT2D eigenvalue weighted by Crippen LogP contribution is -2.15. The van der Waals surface area contributed by atoms with Gasteiger partial charge in [-0.3, -0.25) is 0 Å². The molecular formula is C12H21S+. The first-order chi connectivity index (χ1) is 6.17. The molecule has 0 aromatic rings. The third kappa shape index (κ3) is 2.91. The minimum Gasteiger partial charge on any atom is -0.0781 e. The van der Waals surface area contributed by atoms with Gasteiger partial charge in [-0.2, -0.15) is 0 Å². The van der Waals surface area contributed by atoms with Crippen LogP contribution >= 0.6 is 0 Å². The molecule has 0 aromatic carbocycles. The molecule has 0 radical (unpaired) electrons. The Hall–Kier alpha value is -0.170. The topological polar surface area (TPSA) is 0 Å². The molecule has 0 saturated carbocycles. The van der Waals surface area contributed by atoms with Gasteiger partial charge in [-0.25, -0.2) is 0 Å². The second-order valence-electron chi connectivity index (χ2n) is 3.77. The highest BCUT2D eigenvalue weighted by Crippen LogP contribution is 2.27. The lowest BCUT2D eigenvalue weighted by Gasteiger charge is -2.16. The highest BCUT2D eigenvalue weighted by Gasteiger charge is 2.23. The van der Waals surface area contributed by atoms with Gasteiger partial charge >= 0.3 is 0 Å². The Morgan fingerprint density at radius 1 is 1.38 bits per heavy atom. The Kier molecular flexibility index (Phi) is 4.11. The van der Waals surface area contributed by atoms with Crippen molar-refractivity contribution < 1.29 is 0 Å². The average Bonchev–Trinajstić information content (AvgIpc) is 2.04. The molecule has 1 rings (SSSR count). The van der Waals surface area contributed by atoms with E-state index >= 15 is 0 Å². The van der Waals surface area contributed by atoms with E-state index in [1.165, 1.54) is 23.5 Å². The van der Waals surface area contributed by atoms with E-state index < -0.39 is 0 Å². The molecule has 1 atom stereocenters. The van der Waals surface area contributed by atoms with Gasteiger partial charge in [-0.1, -0.05) is 18.6 Å². The van der Waals surface area contributed by atoms with E-state index in [1.54, 1.807) is 4.91 Å². The molecule has 0 N–H and O–H groups in total. The Labute approximate surface area is 85.5 Å². The molecule has 0 bridgehead atoms. The zero-order chi connectivity index (χ0) is 9.84. The summed E-state index contributed by atoms with van der Waals surface area (Å²) >= 11 is 0. The van der Waals surface area contributed by atoms with Crippen LogP contribution in [-0.2, 0) is 10.9 Å². The van der Waals surface area contributed by atoms with E-state index in [-0.39, 0.29) is 0 Å². The first-order valence-electron chi connectivity index (χ1n) is 5.23. The Morgan fingerprint density at radius 2 is 2.00 bits per heavy atom. The average molecular weight is 197 g/mol. The van der Waals surface area contributed by atoms with Gasteiger partial charge in [-0.05, 0) is 32.8 Å². The van der Waals surface area contributed by atoms with Gasteiger partial charge < -0.3 is 0 Å². The quantitative estimate of drug-likeness (QED) is 0.607. The molecule has 0 nitrogen and oxygen atoms in total. The van der Waals surface area contributed by atoms with Crippen LogP contribution in [0.25, 0.3) is 0 Å². The van der Waals surface area contributed by atoms with Crippen molar-refractivity contribution in [3.63, 3.8) is 0 Å². The van der Waals surface area contributed by atoms with Gasteiger partial charge in [-0.15, -0.1) is 0 Å². The van der Waals surface area contributed by atoms with Crippen LogP contribution in [-0.4, -0.2) is 11.5 Å². The van der Waals surface area contributed by atoms with Crippen LogP contribution in [0.5, 0.6) is 0 Å². The van der Waals surface area contributed by atoms with E-state index in [4.69, 9.17) is 0 Å². The number of rotatable bonds is 3. The Balaban J connectivity index is 2.74. The van der Waals surface area contributed by atoms with Crippen LogP contribution in [0, 0.1) is 5.92 Å². The molecule has 1 unspecified atom stereocenters. The third-order valence-corrected chi connectivity index (χ3v) is 4.95. The number of hydrogen-bond donors (Lipinski definition) is 0. The maximum absolute atomic E-state index is 2.41. The summed E-state index contributed by atoms with van der Waals surface area (Å²) in [7, 11) is 0.554. The molecule has 13 heavy (non-hydrogen) atoms. The standard InChI is InChI=1S/C12H21S/c1-5-13(6-2)12-8-10(3)7-11(4)9-12/h7-8,11H,5-6,9H2,1-4H3/q+1. The van der Waals surface area contributed by atoms with Crippen molar-refractivity contribution in [3.8, 4) is 0 Å². The highest BCUT2D eigenvalue weighted by atomic mass is 32.2. The van der Waals surface area contributed by atoms with Gasteiger partial charge in [0.15, 0.2) is 0 Å².